The minimum Gasteiger partial charge on any atom is -0.339 e. The standard InChI is InChI=1S/C17H29N5O2/c1-12(2)15-18-14(19-24-15)13-10-17(11-21(13)5)6-8-22(9-7-17)16(23)20(3)4/h12-13H,6-11H2,1-5H3. The van der Waals surface area contributed by atoms with Crippen molar-refractivity contribution in [3.63, 3.8) is 0 Å². The molecule has 1 unspecified atom stereocenters. The molecular weight excluding hydrogens is 306 g/mol. The summed E-state index contributed by atoms with van der Waals surface area (Å²) in [7, 11) is 5.77. The van der Waals surface area contributed by atoms with Crippen LogP contribution in [-0.2, 0) is 0 Å². The number of hydrogen-bond donors (Lipinski definition) is 0. The number of piperidine rings is 1. The summed E-state index contributed by atoms with van der Waals surface area (Å²) in [5, 5.41) is 4.22. The van der Waals surface area contributed by atoms with Gasteiger partial charge in [-0.15, -0.1) is 0 Å². The Balaban J connectivity index is 1.66. The summed E-state index contributed by atoms with van der Waals surface area (Å²) in [6, 6.07) is 0.338. The first-order valence-electron chi connectivity index (χ1n) is 8.81. The molecule has 2 aliphatic heterocycles. The van der Waals surface area contributed by atoms with E-state index in [4.69, 9.17) is 4.52 Å². The number of carbonyl (C=O) groups is 1. The quantitative estimate of drug-likeness (QED) is 0.830. The van der Waals surface area contributed by atoms with Gasteiger partial charge >= 0.3 is 6.03 Å². The fraction of sp³-hybridized carbons (Fsp3) is 0.824. The first-order chi connectivity index (χ1) is 11.3. The number of aromatic nitrogens is 2. The lowest BCUT2D eigenvalue weighted by molar-refractivity contribution is 0.109. The van der Waals surface area contributed by atoms with Crippen LogP contribution in [-0.4, -0.2) is 71.6 Å². The minimum absolute atomic E-state index is 0.118. The molecule has 0 bridgehead atoms. The van der Waals surface area contributed by atoms with Crippen molar-refractivity contribution < 1.29 is 9.32 Å². The summed E-state index contributed by atoms with van der Waals surface area (Å²) < 4.78 is 5.39. The molecule has 0 aromatic carbocycles. The van der Waals surface area contributed by atoms with Crippen LogP contribution in [0.3, 0.4) is 0 Å². The average Bonchev–Trinajstić information content (AvgIpc) is 3.13. The van der Waals surface area contributed by atoms with Crippen LogP contribution < -0.4 is 0 Å². The van der Waals surface area contributed by atoms with Gasteiger partial charge in [0.15, 0.2) is 5.82 Å². The van der Waals surface area contributed by atoms with E-state index in [1.807, 2.05) is 19.0 Å². The molecule has 2 saturated heterocycles. The van der Waals surface area contributed by atoms with Crippen molar-refractivity contribution in [2.45, 2.75) is 45.1 Å². The Bertz CT molecular complexity index is 590. The lowest BCUT2D eigenvalue weighted by atomic mass is 9.76. The van der Waals surface area contributed by atoms with Crippen molar-refractivity contribution in [3.8, 4) is 0 Å². The van der Waals surface area contributed by atoms with Gasteiger partial charge in [-0.05, 0) is 31.7 Å². The molecule has 0 aliphatic carbocycles. The molecular formula is C17H29N5O2. The molecule has 0 saturated carbocycles. The number of hydrogen-bond acceptors (Lipinski definition) is 5. The van der Waals surface area contributed by atoms with Gasteiger partial charge in [-0.25, -0.2) is 4.79 Å². The molecule has 1 atom stereocenters. The largest absolute Gasteiger partial charge is 0.339 e. The molecule has 7 heteroatoms. The molecule has 0 radical (unpaired) electrons. The van der Waals surface area contributed by atoms with Gasteiger partial charge < -0.3 is 14.3 Å². The first-order valence-corrected chi connectivity index (χ1v) is 8.81. The molecule has 2 aliphatic rings. The summed E-state index contributed by atoms with van der Waals surface area (Å²) in [6.07, 6.45) is 3.13. The number of nitrogens with zero attached hydrogens (tertiary/aromatic N) is 5. The summed E-state index contributed by atoms with van der Waals surface area (Å²) in [4.78, 5) is 22.7. The summed E-state index contributed by atoms with van der Waals surface area (Å²) in [5.41, 5.74) is 0.265. The van der Waals surface area contributed by atoms with Gasteiger partial charge in [-0.2, -0.15) is 4.98 Å². The maximum absolute atomic E-state index is 12.1. The van der Waals surface area contributed by atoms with Crippen LogP contribution in [0.15, 0.2) is 4.52 Å². The summed E-state index contributed by atoms with van der Waals surface area (Å²) >= 11 is 0. The van der Waals surface area contributed by atoms with Gasteiger partial charge in [0, 0.05) is 39.6 Å². The fourth-order valence-electron chi connectivity index (χ4n) is 3.99. The molecule has 2 fully saturated rings. The molecule has 3 rings (SSSR count). The van der Waals surface area contributed by atoms with Gasteiger partial charge in [0.2, 0.25) is 5.89 Å². The molecule has 3 heterocycles. The summed E-state index contributed by atoms with van der Waals surface area (Å²) in [6.45, 7) is 6.83. The maximum atomic E-state index is 12.1. The topological polar surface area (TPSA) is 65.7 Å². The Kier molecular flexibility index (Phi) is 4.55. The third-order valence-electron chi connectivity index (χ3n) is 5.47. The SMILES string of the molecule is CC(C)c1nc(C2CC3(CCN(C(=O)N(C)C)CC3)CN2C)no1. The van der Waals surface area contributed by atoms with Crippen LogP contribution in [0.4, 0.5) is 4.79 Å². The predicted octanol–water partition coefficient (Wildman–Crippen LogP) is 2.33. The van der Waals surface area contributed by atoms with Crippen LogP contribution in [0.2, 0.25) is 0 Å². The molecule has 0 N–H and O–H groups in total. The smallest absolute Gasteiger partial charge is 0.319 e. The second-order valence-electron chi connectivity index (χ2n) is 7.94. The predicted molar refractivity (Wildman–Crippen MR) is 90.7 cm³/mol. The van der Waals surface area contributed by atoms with E-state index in [9.17, 15) is 4.79 Å². The van der Waals surface area contributed by atoms with Gasteiger partial charge in [0.05, 0.1) is 6.04 Å². The number of likely N-dealkylation sites (tertiary alicyclic amines) is 2. The third-order valence-corrected chi connectivity index (χ3v) is 5.47. The molecule has 24 heavy (non-hydrogen) atoms. The fourth-order valence-corrected chi connectivity index (χ4v) is 3.99. The van der Waals surface area contributed by atoms with Crippen LogP contribution in [0, 0.1) is 5.41 Å². The van der Waals surface area contributed by atoms with Crippen LogP contribution in [0.5, 0.6) is 0 Å². The average molecular weight is 335 g/mol. The Morgan fingerprint density at radius 2 is 2.00 bits per heavy atom. The van der Waals surface area contributed by atoms with E-state index >= 15 is 0 Å². The van der Waals surface area contributed by atoms with E-state index in [0.717, 1.165) is 44.7 Å². The lowest BCUT2D eigenvalue weighted by Gasteiger charge is -2.40. The molecule has 134 valence electrons. The second-order valence-corrected chi connectivity index (χ2v) is 7.94. The van der Waals surface area contributed by atoms with E-state index < -0.39 is 0 Å². The highest BCUT2D eigenvalue weighted by molar-refractivity contribution is 5.73. The van der Waals surface area contributed by atoms with Gasteiger partial charge in [0.25, 0.3) is 0 Å². The zero-order valence-corrected chi connectivity index (χ0v) is 15.4. The van der Waals surface area contributed by atoms with Gasteiger partial charge in [-0.3, -0.25) is 4.90 Å². The van der Waals surface area contributed by atoms with Crippen molar-refractivity contribution in [2.24, 2.45) is 5.41 Å². The Labute approximate surface area is 144 Å². The highest BCUT2D eigenvalue weighted by atomic mass is 16.5. The monoisotopic (exact) mass is 335 g/mol. The zero-order chi connectivity index (χ0) is 17.5. The molecule has 2 amide bonds. The van der Waals surface area contributed by atoms with E-state index in [1.54, 1.807) is 4.90 Å². The molecule has 7 nitrogen and oxygen atoms in total. The zero-order valence-electron chi connectivity index (χ0n) is 15.4. The van der Waals surface area contributed by atoms with E-state index in [0.29, 0.717) is 5.89 Å². The number of urea groups is 1. The van der Waals surface area contributed by atoms with Crippen LogP contribution in [0.1, 0.15) is 56.8 Å². The Morgan fingerprint density at radius 3 is 2.54 bits per heavy atom. The summed E-state index contributed by atoms with van der Waals surface area (Å²) in [5.74, 6) is 1.78. The van der Waals surface area contributed by atoms with Crippen molar-refractivity contribution in [1.29, 1.82) is 0 Å². The van der Waals surface area contributed by atoms with E-state index in [2.05, 4.69) is 35.9 Å². The Hall–Kier alpha value is -1.63. The lowest BCUT2D eigenvalue weighted by Crippen LogP contribution is -2.47. The molecule has 1 aromatic heterocycles. The van der Waals surface area contributed by atoms with Gasteiger partial charge in [0.1, 0.15) is 0 Å². The highest BCUT2D eigenvalue weighted by Crippen LogP contribution is 2.47. The number of carbonyl (C=O) groups excluding carboxylic acids is 1. The van der Waals surface area contributed by atoms with Crippen molar-refractivity contribution >= 4 is 6.03 Å². The number of amides is 2. The van der Waals surface area contributed by atoms with Crippen molar-refractivity contribution in [3.05, 3.63) is 11.7 Å². The van der Waals surface area contributed by atoms with Crippen molar-refractivity contribution in [2.75, 3.05) is 40.8 Å². The highest BCUT2D eigenvalue weighted by Gasteiger charge is 2.46. The normalized spacial score (nSPS) is 24.1. The van der Waals surface area contributed by atoms with Crippen molar-refractivity contribution in [1.82, 2.24) is 24.8 Å². The number of rotatable bonds is 2. The Morgan fingerprint density at radius 1 is 1.33 bits per heavy atom. The van der Waals surface area contributed by atoms with E-state index in [-0.39, 0.29) is 23.4 Å². The molecule has 1 aromatic rings. The minimum atomic E-state index is 0.118. The van der Waals surface area contributed by atoms with Crippen LogP contribution in [0.25, 0.3) is 0 Å². The van der Waals surface area contributed by atoms with E-state index in [1.165, 1.54) is 0 Å². The van der Waals surface area contributed by atoms with Gasteiger partial charge in [-0.1, -0.05) is 19.0 Å². The maximum Gasteiger partial charge on any atom is 0.319 e. The third kappa shape index (κ3) is 3.14. The van der Waals surface area contributed by atoms with Crippen LogP contribution >= 0.6 is 0 Å². The first kappa shape index (κ1) is 17.2. The molecule has 1 spiro atoms. The second kappa shape index (κ2) is 6.35.